The van der Waals surface area contributed by atoms with Crippen molar-refractivity contribution in [3.63, 3.8) is 0 Å². The van der Waals surface area contributed by atoms with Crippen LogP contribution in [0.5, 0.6) is 0 Å². The SMILES string of the molecule is O=C(c1ccccc1)[C@]1(C(=O)c2ccc(Br)cc2)C[C@H](O)CN1. The third-order valence-corrected chi connectivity index (χ3v) is 4.63. The molecular formula is C18H16BrNO3. The number of rotatable bonds is 4. The van der Waals surface area contributed by atoms with Crippen LogP contribution in [0.25, 0.3) is 0 Å². The lowest BCUT2D eigenvalue weighted by atomic mass is 9.81. The van der Waals surface area contributed by atoms with Gasteiger partial charge in [0.25, 0.3) is 0 Å². The van der Waals surface area contributed by atoms with Gasteiger partial charge in [-0.05, 0) is 12.1 Å². The smallest absolute Gasteiger partial charge is 0.190 e. The number of aliphatic hydroxyl groups is 1. The Hall–Kier alpha value is -1.82. The van der Waals surface area contributed by atoms with Gasteiger partial charge in [-0.15, -0.1) is 0 Å². The lowest BCUT2D eigenvalue weighted by Crippen LogP contribution is -2.54. The van der Waals surface area contributed by atoms with Crippen LogP contribution in [0, 0.1) is 0 Å². The first-order valence-electron chi connectivity index (χ1n) is 7.36. The van der Waals surface area contributed by atoms with E-state index in [9.17, 15) is 14.7 Å². The molecule has 0 spiro atoms. The highest BCUT2D eigenvalue weighted by Gasteiger charge is 2.50. The summed E-state index contributed by atoms with van der Waals surface area (Å²) in [6.07, 6.45) is -0.641. The second-order valence-electron chi connectivity index (χ2n) is 5.68. The van der Waals surface area contributed by atoms with E-state index in [0.29, 0.717) is 11.1 Å². The van der Waals surface area contributed by atoms with Gasteiger partial charge in [0.05, 0.1) is 6.10 Å². The van der Waals surface area contributed by atoms with E-state index in [1.807, 2.05) is 6.07 Å². The third-order valence-electron chi connectivity index (χ3n) is 4.10. The van der Waals surface area contributed by atoms with Crippen molar-refractivity contribution >= 4 is 27.5 Å². The Labute approximate surface area is 142 Å². The maximum atomic E-state index is 13.0. The zero-order valence-corrected chi connectivity index (χ0v) is 13.9. The molecule has 1 fully saturated rings. The Morgan fingerprint density at radius 2 is 1.57 bits per heavy atom. The summed E-state index contributed by atoms with van der Waals surface area (Å²) in [7, 11) is 0. The number of β-amino-alcohol motifs (C(OH)–C–C–N with tert-alkyl or cyclic N) is 1. The van der Waals surface area contributed by atoms with Gasteiger partial charge in [-0.1, -0.05) is 58.4 Å². The second kappa shape index (κ2) is 6.35. The van der Waals surface area contributed by atoms with Crippen molar-refractivity contribution in [1.82, 2.24) is 5.32 Å². The number of halogens is 1. The molecule has 1 heterocycles. The first-order chi connectivity index (χ1) is 11.0. The lowest BCUT2D eigenvalue weighted by Gasteiger charge is -2.26. The molecule has 1 aliphatic rings. The normalized spacial score (nSPS) is 23.7. The minimum atomic E-state index is -1.41. The summed E-state index contributed by atoms with van der Waals surface area (Å²) < 4.78 is 0.858. The molecular weight excluding hydrogens is 358 g/mol. The molecule has 0 bridgehead atoms. The molecule has 2 aromatic carbocycles. The van der Waals surface area contributed by atoms with Gasteiger partial charge < -0.3 is 5.11 Å². The number of aliphatic hydroxyl groups excluding tert-OH is 1. The average molecular weight is 374 g/mol. The van der Waals surface area contributed by atoms with E-state index in [2.05, 4.69) is 21.2 Å². The van der Waals surface area contributed by atoms with Crippen LogP contribution in [0.3, 0.4) is 0 Å². The summed E-state index contributed by atoms with van der Waals surface area (Å²) in [5, 5.41) is 12.9. The molecule has 2 N–H and O–H groups in total. The number of nitrogens with one attached hydrogen (secondary N) is 1. The molecule has 0 aliphatic carbocycles. The minimum Gasteiger partial charge on any atom is -0.392 e. The molecule has 2 aromatic rings. The summed E-state index contributed by atoms with van der Waals surface area (Å²) in [5.41, 5.74) is -0.507. The van der Waals surface area contributed by atoms with Crippen molar-refractivity contribution in [2.24, 2.45) is 0 Å². The van der Waals surface area contributed by atoms with Crippen molar-refractivity contribution in [2.45, 2.75) is 18.1 Å². The summed E-state index contributed by atoms with van der Waals surface area (Å²) in [6.45, 7) is 0.223. The third kappa shape index (κ3) is 3.00. The van der Waals surface area contributed by atoms with Gasteiger partial charge >= 0.3 is 0 Å². The molecule has 5 heteroatoms. The van der Waals surface area contributed by atoms with Gasteiger partial charge in [0.1, 0.15) is 5.54 Å². The van der Waals surface area contributed by atoms with Crippen LogP contribution in [0.15, 0.2) is 59.1 Å². The Bertz CT molecular complexity index is 730. The highest BCUT2D eigenvalue weighted by atomic mass is 79.9. The Kier molecular flexibility index (Phi) is 4.43. The zero-order valence-electron chi connectivity index (χ0n) is 12.3. The first kappa shape index (κ1) is 16.1. The first-order valence-corrected chi connectivity index (χ1v) is 8.15. The van der Waals surface area contributed by atoms with Crippen LogP contribution in [0.1, 0.15) is 27.1 Å². The number of hydrogen-bond acceptors (Lipinski definition) is 4. The van der Waals surface area contributed by atoms with Crippen LogP contribution in [0.4, 0.5) is 0 Å². The molecule has 4 nitrogen and oxygen atoms in total. The van der Waals surface area contributed by atoms with Crippen molar-refractivity contribution < 1.29 is 14.7 Å². The molecule has 118 valence electrons. The number of carbonyl (C=O) groups is 2. The fraction of sp³-hybridized carbons (Fsp3) is 0.222. The van der Waals surface area contributed by atoms with Crippen LogP contribution >= 0.6 is 15.9 Å². The Balaban J connectivity index is 2.02. The molecule has 23 heavy (non-hydrogen) atoms. The van der Waals surface area contributed by atoms with Crippen molar-refractivity contribution in [2.75, 3.05) is 6.54 Å². The van der Waals surface area contributed by atoms with E-state index in [1.165, 1.54) is 0 Å². The van der Waals surface area contributed by atoms with Gasteiger partial charge in [-0.25, -0.2) is 0 Å². The monoisotopic (exact) mass is 373 g/mol. The molecule has 0 aromatic heterocycles. The standard InChI is InChI=1S/C18H16BrNO3/c19-14-8-6-13(7-9-14)17(23)18(10-15(21)11-20-18)16(22)12-4-2-1-3-5-12/h1-9,15,20-21H,10-11H2/t15-,18-/m0/s1. The maximum absolute atomic E-state index is 13.0. The van der Waals surface area contributed by atoms with Crippen LogP contribution < -0.4 is 5.32 Å². The van der Waals surface area contributed by atoms with E-state index in [-0.39, 0.29) is 24.5 Å². The summed E-state index contributed by atoms with van der Waals surface area (Å²) in [5.74, 6) is -0.613. The molecule has 1 aliphatic heterocycles. The van der Waals surface area contributed by atoms with E-state index < -0.39 is 11.6 Å². The van der Waals surface area contributed by atoms with Crippen molar-refractivity contribution in [3.8, 4) is 0 Å². The summed E-state index contributed by atoms with van der Waals surface area (Å²) in [4.78, 5) is 26.0. The lowest BCUT2D eigenvalue weighted by molar-refractivity contribution is 0.0726. The van der Waals surface area contributed by atoms with Gasteiger partial charge in [-0.2, -0.15) is 0 Å². The summed E-state index contributed by atoms with van der Waals surface area (Å²) in [6, 6.07) is 15.6. The molecule has 0 amide bonds. The molecule has 0 saturated carbocycles. The number of hydrogen-bond donors (Lipinski definition) is 2. The molecule has 1 saturated heterocycles. The predicted molar refractivity (Wildman–Crippen MR) is 90.6 cm³/mol. The number of ketones is 2. The van der Waals surface area contributed by atoms with Crippen LogP contribution in [-0.4, -0.2) is 34.9 Å². The predicted octanol–water partition coefficient (Wildman–Crippen LogP) is 2.61. The van der Waals surface area contributed by atoms with Crippen molar-refractivity contribution in [1.29, 1.82) is 0 Å². The Morgan fingerprint density at radius 1 is 1.00 bits per heavy atom. The van der Waals surface area contributed by atoms with Crippen molar-refractivity contribution in [3.05, 3.63) is 70.2 Å². The molecule has 0 unspecified atom stereocenters. The van der Waals surface area contributed by atoms with E-state index in [1.54, 1.807) is 48.5 Å². The van der Waals surface area contributed by atoms with Gasteiger partial charge in [0.2, 0.25) is 0 Å². The second-order valence-corrected chi connectivity index (χ2v) is 6.59. The Morgan fingerprint density at radius 3 is 2.09 bits per heavy atom. The van der Waals surface area contributed by atoms with E-state index in [4.69, 9.17) is 0 Å². The molecule has 2 atom stereocenters. The quantitative estimate of drug-likeness (QED) is 0.638. The zero-order chi connectivity index (χ0) is 16.4. The molecule has 0 radical (unpaired) electrons. The largest absolute Gasteiger partial charge is 0.392 e. The number of Topliss-reactive ketones (excluding diaryl/α,β-unsaturated/α-hetero) is 2. The maximum Gasteiger partial charge on any atom is 0.190 e. The summed E-state index contributed by atoms with van der Waals surface area (Å²) >= 11 is 3.33. The number of benzene rings is 2. The average Bonchev–Trinajstić information content (AvgIpc) is 2.98. The topological polar surface area (TPSA) is 66.4 Å². The van der Waals surface area contributed by atoms with Crippen LogP contribution in [-0.2, 0) is 0 Å². The molecule has 3 rings (SSSR count). The van der Waals surface area contributed by atoms with Crippen LogP contribution in [0.2, 0.25) is 0 Å². The van der Waals surface area contributed by atoms with E-state index in [0.717, 1.165) is 4.47 Å². The van der Waals surface area contributed by atoms with Gasteiger partial charge in [0.15, 0.2) is 11.6 Å². The van der Waals surface area contributed by atoms with E-state index >= 15 is 0 Å². The van der Waals surface area contributed by atoms with Gasteiger partial charge in [-0.3, -0.25) is 14.9 Å². The fourth-order valence-electron chi connectivity index (χ4n) is 2.92. The highest BCUT2D eigenvalue weighted by Crippen LogP contribution is 2.29. The fourth-order valence-corrected chi connectivity index (χ4v) is 3.19. The highest BCUT2D eigenvalue weighted by molar-refractivity contribution is 9.10. The van der Waals surface area contributed by atoms with Gasteiger partial charge in [0, 0.05) is 28.6 Å². The number of carbonyl (C=O) groups excluding carboxylic acids is 2. The minimum absolute atomic E-state index is 0.0790.